The summed E-state index contributed by atoms with van der Waals surface area (Å²) in [5, 5.41) is 4.58. The van der Waals surface area contributed by atoms with E-state index in [4.69, 9.17) is 14.7 Å². The van der Waals surface area contributed by atoms with Gasteiger partial charge in [-0.15, -0.1) is 11.3 Å². The third kappa shape index (κ3) is 1.80. The molecule has 0 saturated carbocycles. The summed E-state index contributed by atoms with van der Waals surface area (Å²) in [7, 11) is 0. The molecule has 3 heterocycles. The molecule has 3 aromatic rings. The van der Waals surface area contributed by atoms with Crippen LogP contribution in [0.4, 0.5) is 5.00 Å². The Morgan fingerprint density at radius 1 is 1.44 bits per heavy atom. The predicted octanol–water partition coefficient (Wildman–Crippen LogP) is 3.20. The zero-order valence-electron chi connectivity index (χ0n) is 9.71. The molecule has 6 heteroatoms. The van der Waals surface area contributed by atoms with Crippen LogP contribution >= 0.6 is 11.3 Å². The molecule has 3 aromatic heterocycles. The van der Waals surface area contributed by atoms with E-state index in [0.717, 1.165) is 12.0 Å². The molecule has 0 aromatic carbocycles. The van der Waals surface area contributed by atoms with Crippen LogP contribution < -0.4 is 5.73 Å². The number of nitrogens with zero attached hydrogens (tertiary/aromatic N) is 2. The van der Waals surface area contributed by atoms with Crippen LogP contribution in [0, 0.1) is 0 Å². The number of rotatable bonds is 3. The highest BCUT2D eigenvalue weighted by Gasteiger charge is 2.16. The quantitative estimate of drug-likeness (QED) is 0.783. The van der Waals surface area contributed by atoms with Gasteiger partial charge in [0.15, 0.2) is 5.76 Å². The first kappa shape index (κ1) is 11.0. The van der Waals surface area contributed by atoms with E-state index in [1.165, 1.54) is 4.88 Å². The molecule has 0 bridgehead atoms. The summed E-state index contributed by atoms with van der Waals surface area (Å²) >= 11 is 1.54. The molecular weight excluding hydrogens is 250 g/mol. The Balaban J connectivity index is 2.00. The molecule has 0 spiro atoms. The minimum absolute atomic E-state index is 0.426. The number of furan rings is 1. The number of thiophene rings is 1. The van der Waals surface area contributed by atoms with Crippen LogP contribution in [0.2, 0.25) is 0 Å². The summed E-state index contributed by atoms with van der Waals surface area (Å²) in [4.78, 5) is 5.48. The van der Waals surface area contributed by atoms with Gasteiger partial charge in [-0.3, -0.25) is 0 Å². The molecule has 18 heavy (non-hydrogen) atoms. The van der Waals surface area contributed by atoms with Gasteiger partial charge in [0.05, 0.1) is 16.8 Å². The molecule has 92 valence electrons. The number of hydrogen-bond acceptors (Lipinski definition) is 6. The highest BCUT2D eigenvalue weighted by Crippen LogP contribution is 2.34. The van der Waals surface area contributed by atoms with Crippen molar-refractivity contribution in [1.82, 2.24) is 10.1 Å². The molecule has 0 atom stereocenters. The molecule has 0 aliphatic carbocycles. The molecule has 2 N–H and O–H groups in total. The second-order valence-corrected chi connectivity index (χ2v) is 4.91. The molecule has 3 rings (SSSR count). The van der Waals surface area contributed by atoms with Crippen molar-refractivity contribution in [2.75, 3.05) is 5.73 Å². The fraction of sp³-hybridized carbons (Fsp3) is 0.167. The number of aromatic nitrogens is 2. The Labute approximate surface area is 107 Å². The van der Waals surface area contributed by atoms with Crippen LogP contribution in [0.1, 0.15) is 11.8 Å². The van der Waals surface area contributed by atoms with E-state index in [-0.39, 0.29) is 0 Å². The molecule has 0 radical (unpaired) electrons. The van der Waals surface area contributed by atoms with E-state index in [1.54, 1.807) is 29.7 Å². The number of nitrogens with two attached hydrogens (primary N) is 1. The van der Waals surface area contributed by atoms with Gasteiger partial charge in [-0.25, -0.2) is 0 Å². The van der Waals surface area contributed by atoms with Crippen molar-refractivity contribution in [1.29, 1.82) is 0 Å². The Hall–Kier alpha value is -2.08. The van der Waals surface area contributed by atoms with Crippen LogP contribution in [0.15, 0.2) is 33.4 Å². The van der Waals surface area contributed by atoms with Crippen molar-refractivity contribution < 1.29 is 8.94 Å². The lowest BCUT2D eigenvalue weighted by atomic mass is 10.2. The van der Waals surface area contributed by atoms with E-state index in [1.807, 2.05) is 6.07 Å². The first-order valence-electron chi connectivity index (χ1n) is 5.54. The lowest BCUT2D eigenvalue weighted by Crippen LogP contribution is -1.83. The van der Waals surface area contributed by atoms with Crippen molar-refractivity contribution >= 4 is 16.3 Å². The zero-order valence-corrected chi connectivity index (χ0v) is 10.5. The van der Waals surface area contributed by atoms with Crippen LogP contribution in [-0.2, 0) is 6.42 Å². The van der Waals surface area contributed by atoms with Crippen molar-refractivity contribution in [3.05, 3.63) is 29.3 Å². The smallest absolute Gasteiger partial charge is 0.261 e. The highest BCUT2D eigenvalue weighted by molar-refractivity contribution is 7.16. The summed E-state index contributed by atoms with van der Waals surface area (Å²) in [6.07, 6.45) is 2.51. The molecule has 0 aliphatic heterocycles. The monoisotopic (exact) mass is 261 g/mol. The summed E-state index contributed by atoms with van der Waals surface area (Å²) < 4.78 is 10.4. The zero-order chi connectivity index (χ0) is 12.5. The minimum atomic E-state index is 0.426. The molecule has 0 amide bonds. The van der Waals surface area contributed by atoms with E-state index in [2.05, 4.69) is 17.1 Å². The van der Waals surface area contributed by atoms with Crippen molar-refractivity contribution in [3.63, 3.8) is 0 Å². The maximum absolute atomic E-state index is 5.94. The first-order chi connectivity index (χ1) is 8.78. The normalized spacial score (nSPS) is 10.9. The topological polar surface area (TPSA) is 78.1 Å². The Morgan fingerprint density at radius 2 is 2.33 bits per heavy atom. The molecule has 0 saturated heterocycles. The Bertz CT molecular complexity index is 655. The number of nitrogen functional groups attached to an aromatic ring is 1. The standard InChI is InChI=1S/C12H11N3O2S/c1-2-7-6-8(10(13)18-7)12-14-11(15-17-12)9-4-3-5-16-9/h3-6H,2,13H2,1H3. The van der Waals surface area contributed by atoms with E-state index >= 15 is 0 Å². The Kier molecular flexibility index (Phi) is 2.64. The summed E-state index contributed by atoms with van der Waals surface area (Å²) in [6, 6.07) is 5.54. The van der Waals surface area contributed by atoms with Gasteiger partial charge >= 0.3 is 0 Å². The van der Waals surface area contributed by atoms with Gasteiger partial charge in [0.25, 0.3) is 5.89 Å². The van der Waals surface area contributed by atoms with Gasteiger partial charge in [-0.2, -0.15) is 4.98 Å². The molecule has 0 fully saturated rings. The fourth-order valence-corrected chi connectivity index (χ4v) is 2.50. The van der Waals surface area contributed by atoms with Crippen LogP contribution in [0.25, 0.3) is 23.0 Å². The SMILES string of the molecule is CCc1cc(-c2nc(-c3ccco3)no2)c(N)s1. The number of aryl methyl sites for hydroxylation is 1. The van der Waals surface area contributed by atoms with Gasteiger partial charge < -0.3 is 14.7 Å². The average molecular weight is 261 g/mol. The maximum Gasteiger partial charge on any atom is 0.261 e. The second-order valence-electron chi connectivity index (χ2n) is 3.74. The molecular formula is C12H11N3O2S. The van der Waals surface area contributed by atoms with Crippen LogP contribution in [-0.4, -0.2) is 10.1 Å². The molecule has 0 unspecified atom stereocenters. The third-order valence-corrected chi connectivity index (χ3v) is 3.67. The van der Waals surface area contributed by atoms with E-state index in [9.17, 15) is 0 Å². The van der Waals surface area contributed by atoms with Crippen molar-refractivity contribution in [2.45, 2.75) is 13.3 Å². The molecule has 5 nitrogen and oxygen atoms in total. The first-order valence-corrected chi connectivity index (χ1v) is 6.35. The maximum atomic E-state index is 5.94. The van der Waals surface area contributed by atoms with E-state index < -0.39 is 0 Å². The number of anilines is 1. The van der Waals surface area contributed by atoms with E-state index in [0.29, 0.717) is 22.5 Å². The lowest BCUT2D eigenvalue weighted by molar-refractivity contribution is 0.430. The number of hydrogen-bond donors (Lipinski definition) is 1. The van der Waals surface area contributed by atoms with Crippen molar-refractivity contribution in [3.8, 4) is 23.0 Å². The van der Waals surface area contributed by atoms with Gasteiger partial charge in [0.1, 0.15) is 0 Å². The van der Waals surface area contributed by atoms with Gasteiger partial charge in [0.2, 0.25) is 5.82 Å². The van der Waals surface area contributed by atoms with Gasteiger partial charge in [0, 0.05) is 4.88 Å². The predicted molar refractivity (Wildman–Crippen MR) is 69.1 cm³/mol. The average Bonchev–Trinajstić information content (AvgIpc) is 3.08. The summed E-state index contributed by atoms with van der Waals surface area (Å²) in [5.41, 5.74) is 6.74. The summed E-state index contributed by atoms with van der Waals surface area (Å²) in [5.74, 6) is 1.43. The largest absolute Gasteiger partial charge is 0.461 e. The second kappa shape index (κ2) is 4.30. The Morgan fingerprint density at radius 3 is 3.00 bits per heavy atom. The highest BCUT2D eigenvalue weighted by atomic mass is 32.1. The third-order valence-electron chi connectivity index (χ3n) is 2.56. The van der Waals surface area contributed by atoms with Gasteiger partial charge in [-0.1, -0.05) is 12.1 Å². The lowest BCUT2D eigenvalue weighted by Gasteiger charge is -1.88. The van der Waals surface area contributed by atoms with Crippen molar-refractivity contribution in [2.24, 2.45) is 0 Å². The van der Waals surface area contributed by atoms with Gasteiger partial charge in [-0.05, 0) is 24.6 Å². The van der Waals surface area contributed by atoms with Crippen LogP contribution in [0.3, 0.4) is 0 Å². The van der Waals surface area contributed by atoms with Crippen LogP contribution in [0.5, 0.6) is 0 Å². The fourth-order valence-electron chi connectivity index (χ4n) is 1.64. The molecule has 0 aliphatic rings. The minimum Gasteiger partial charge on any atom is -0.461 e. The summed E-state index contributed by atoms with van der Waals surface area (Å²) in [6.45, 7) is 2.08.